The van der Waals surface area contributed by atoms with Crippen LogP contribution in [0.15, 0.2) is 24.7 Å². The second kappa shape index (κ2) is 6.41. The van der Waals surface area contributed by atoms with Crippen LogP contribution in [-0.4, -0.2) is 37.1 Å². The van der Waals surface area contributed by atoms with E-state index >= 15 is 0 Å². The normalized spacial score (nSPS) is 26.1. The highest BCUT2D eigenvalue weighted by Gasteiger charge is 2.49. The molecule has 2 bridgehead atoms. The molecule has 2 aliphatic carbocycles. The number of carboxylic acid groups (broad SMARTS) is 1. The summed E-state index contributed by atoms with van der Waals surface area (Å²) in [4.78, 5) is 27.2. The van der Waals surface area contributed by atoms with Crippen molar-refractivity contribution in [2.24, 2.45) is 17.8 Å². The molecular formula is C19H17ClFN5O2. The molecule has 144 valence electrons. The highest BCUT2D eigenvalue weighted by atomic mass is 35.5. The van der Waals surface area contributed by atoms with E-state index in [-0.39, 0.29) is 23.7 Å². The number of nitrogens with zero attached hydrogens (tertiary/aromatic N) is 3. The second-order valence-electron chi connectivity index (χ2n) is 7.57. The van der Waals surface area contributed by atoms with E-state index in [0.29, 0.717) is 34.4 Å². The summed E-state index contributed by atoms with van der Waals surface area (Å²) in [6.07, 6.45) is 6.78. The average molecular weight is 402 g/mol. The van der Waals surface area contributed by atoms with Crippen LogP contribution in [-0.2, 0) is 4.79 Å². The predicted octanol–water partition coefficient (Wildman–Crippen LogP) is 3.72. The molecule has 5 rings (SSSR count). The number of pyridine rings is 1. The van der Waals surface area contributed by atoms with E-state index in [9.17, 15) is 14.3 Å². The number of aliphatic carboxylic acids is 1. The molecule has 0 aliphatic heterocycles. The number of H-pyrrole nitrogens is 1. The number of rotatable bonds is 4. The van der Waals surface area contributed by atoms with E-state index < -0.39 is 11.8 Å². The van der Waals surface area contributed by atoms with Gasteiger partial charge in [-0.1, -0.05) is 11.6 Å². The van der Waals surface area contributed by atoms with Gasteiger partial charge in [0.2, 0.25) is 0 Å². The number of hydrogen-bond acceptors (Lipinski definition) is 5. The molecule has 0 aromatic carbocycles. The van der Waals surface area contributed by atoms with E-state index in [4.69, 9.17) is 11.6 Å². The maximum atomic E-state index is 14.4. The van der Waals surface area contributed by atoms with E-state index in [0.717, 1.165) is 24.4 Å². The fourth-order valence-electron chi connectivity index (χ4n) is 4.74. The van der Waals surface area contributed by atoms with E-state index in [2.05, 4.69) is 25.3 Å². The summed E-state index contributed by atoms with van der Waals surface area (Å²) in [6, 6.07) is 1.65. The third-order valence-corrected chi connectivity index (χ3v) is 6.14. The van der Waals surface area contributed by atoms with Crippen LogP contribution in [0, 0.1) is 23.6 Å². The fraction of sp³-hybridized carbons (Fsp3) is 0.368. The van der Waals surface area contributed by atoms with E-state index in [1.54, 1.807) is 12.3 Å². The van der Waals surface area contributed by atoms with E-state index in [1.165, 1.54) is 6.20 Å². The number of hydrogen-bond donors (Lipinski definition) is 3. The minimum Gasteiger partial charge on any atom is -0.481 e. The molecular weight excluding hydrogens is 385 g/mol. The zero-order valence-electron chi connectivity index (χ0n) is 14.7. The SMILES string of the molecule is O=C(O)C1CC2CC(Nc3nc(-c4c[nH]c5ncc(Cl)cc45)ncc3F)C1C2. The van der Waals surface area contributed by atoms with Crippen molar-refractivity contribution in [2.45, 2.75) is 25.3 Å². The summed E-state index contributed by atoms with van der Waals surface area (Å²) in [5, 5.41) is 13.8. The van der Waals surface area contributed by atoms with Gasteiger partial charge in [0.25, 0.3) is 0 Å². The lowest BCUT2D eigenvalue weighted by Crippen LogP contribution is -2.35. The maximum Gasteiger partial charge on any atom is 0.306 e. The molecule has 3 heterocycles. The molecule has 0 saturated heterocycles. The van der Waals surface area contributed by atoms with Gasteiger partial charge in [0.15, 0.2) is 17.5 Å². The van der Waals surface area contributed by atoms with Gasteiger partial charge < -0.3 is 15.4 Å². The van der Waals surface area contributed by atoms with Crippen LogP contribution >= 0.6 is 11.6 Å². The number of fused-ring (bicyclic) bond motifs is 3. The van der Waals surface area contributed by atoms with Gasteiger partial charge in [-0.05, 0) is 37.2 Å². The van der Waals surface area contributed by atoms with Crippen LogP contribution in [0.2, 0.25) is 5.02 Å². The van der Waals surface area contributed by atoms with Crippen molar-refractivity contribution in [3.05, 3.63) is 35.5 Å². The number of carbonyl (C=O) groups is 1. The van der Waals surface area contributed by atoms with Crippen molar-refractivity contribution in [1.82, 2.24) is 19.9 Å². The van der Waals surface area contributed by atoms with Crippen molar-refractivity contribution in [3.63, 3.8) is 0 Å². The molecule has 2 fully saturated rings. The van der Waals surface area contributed by atoms with Gasteiger partial charge >= 0.3 is 5.97 Å². The van der Waals surface area contributed by atoms with Crippen molar-refractivity contribution in [2.75, 3.05) is 5.32 Å². The Morgan fingerprint density at radius 3 is 2.93 bits per heavy atom. The summed E-state index contributed by atoms with van der Waals surface area (Å²) in [5.74, 6) is -0.901. The number of aromatic nitrogens is 4. The van der Waals surface area contributed by atoms with Crippen LogP contribution in [0.3, 0.4) is 0 Å². The fourth-order valence-corrected chi connectivity index (χ4v) is 4.89. The van der Waals surface area contributed by atoms with Gasteiger partial charge in [0, 0.05) is 29.4 Å². The Labute approximate surface area is 164 Å². The molecule has 3 aromatic heterocycles. The van der Waals surface area contributed by atoms with Gasteiger partial charge in [-0.2, -0.15) is 0 Å². The Kier molecular flexibility index (Phi) is 3.97. The largest absolute Gasteiger partial charge is 0.481 e. The number of halogens is 2. The van der Waals surface area contributed by atoms with Crippen molar-refractivity contribution >= 4 is 34.4 Å². The molecule has 3 aromatic rings. The first kappa shape index (κ1) is 17.4. The minimum absolute atomic E-state index is 0.00332. The molecule has 28 heavy (non-hydrogen) atoms. The van der Waals surface area contributed by atoms with Gasteiger partial charge in [-0.25, -0.2) is 19.3 Å². The lowest BCUT2D eigenvalue weighted by molar-refractivity contribution is -0.143. The molecule has 4 unspecified atom stereocenters. The van der Waals surface area contributed by atoms with Crippen LogP contribution < -0.4 is 5.32 Å². The third kappa shape index (κ3) is 2.79. The minimum atomic E-state index is -0.772. The first-order chi connectivity index (χ1) is 13.5. The maximum absolute atomic E-state index is 14.4. The Hall–Kier alpha value is -2.74. The standard InChI is InChI=1S/C19H17ClFN5O2/c20-9-4-11-13(6-23-16(11)22-5-9)17-24-7-14(21)18(26-17)25-15-3-8-1-10(15)12(2-8)19(27)28/h4-8,10,12,15H,1-3H2,(H,22,23)(H,27,28)(H,24,25,26). The summed E-state index contributed by atoms with van der Waals surface area (Å²) in [5.41, 5.74) is 1.31. The lowest BCUT2D eigenvalue weighted by atomic mass is 9.85. The lowest BCUT2D eigenvalue weighted by Gasteiger charge is -2.28. The third-order valence-electron chi connectivity index (χ3n) is 5.94. The Balaban J connectivity index is 1.47. The van der Waals surface area contributed by atoms with Gasteiger partial charge in [-0.15, -0.1) is 0 Å². The zero-order chi connectivity index (χ0) is 19.4. The highest BCUT2D eigenvalue weighted by Crippen LogP contribution is 2.49. The predicted molar refractivity (Wildman–Crippen MR) is 101 cm³/mol. The first-order valence-corrected chi connectivity index (χ1v) is 9.52. The summed E-state index contributed by atoms with van der Waals surface area (Å²) < 4.78 is 14.4. The topological polar surface area (TPSA) is 104 Å². The Morgan fingerprint density at radius 1 is 1.29 bits per heavy atom. The Bertz CT molecular complexity index is 1090. The summed E-state index contributed by atoms with van der Waals surface area (Å²) >= 11 is 6.04. The van der Waals surface area contributed by atoms with Gasteiger partial charge in [-0.3, -0.25) is 4.79 Å². The number of carboxylic acids is 1. The number of nitrogens with one attached hydrogen (secondary N) is 2. The van der Waals surface area contributed by atoms with Crippen LogP contribution in [0.25, 0.3) is 22.4 Å². The Morgan fingerprint density at radius 2 is 2.14 bits per heavy atom. The first-order valence-electron chi connectivity index (χ1n) is 9.14. The highest BCUT2D eigenvalue weighted by molar-refractivity contribution is 6.31. The molecule has 3 N–H and O–H groups in total. The molecule has 9 heteroatoms. The van der Waals surface area contributed by atoms with Crippen molar-refractivity contribution in [1.29, 1.82) is 0 Å². The smallest absolute Gasteiger partial charge is 0.306 e. The molecule has 2 aliphatic rings. The van der Waals surface area contributed by atoms with E-state index in [1.807, 2.05) is 0 Å². The number of aromatic amines is 1. The summed E-state index contributed by atoms with van der Waals surface area (Å²) in [7, 11) is 0. The van der Waals surface area contributed by atoms with Gasteiger partial charge in [0.05, 0.1) is 17.1 Å². The molecule has 2 saturated carbocycles. The summed E-state index contributed by atoms with van der Waals surface area (Å²) in [6.45, 7) is 0. The number of anilines is 1. The van der Waals surface area contributed by atoms with Crippen LogP contribution in [0.5, 0.6) is 0 Å². The van der Waals surface area contributed by atoms with Crippen molar-refractivity contribution < 1.29 is 14.3 Å². The van der Waals surface area contributed by atoms with Gasteiger partial charge in [0.1, 0.15) is 5.65 Å². The quantitative estimate of drug-likeness (QED) is 0.615. The second-order valence-corrected chi connectivity index (χ2v) is 8.01. The average Bonchev–Trinajstić information content (AvgIpc) is 3.37. The zero-order valence-corrected chi connectivity index (χ0v) is 15.4. The van der Waals surface area contributed by atoms with Crippen LogP contribution in [0.4, 0.5) is 10.2 Å². The monoisotopic (exact) mass is 401 g/mol. The van der Waals surface area contributed by atoms with Crippen LogP contribution in [0.1, 0.15) is 19.3 Å². The molecule has 0 spiro atoms. The molecule has 4 atom stereocenters. The molecule has 0 radical (unpaired) electrons. The van der Waals surface area contributed by atoms with Crippen molar-refractivity contribution in [3.8, 4) is 11.4 Å². The molecule has 0 amide bonds. The molecule has 7 nitrogen and oxygen atoms in total.